The predicted octanol–water partition coefficient (Wildman–Crippen LogP) is 4.19. The maximum absolute atomic E-state index is 13.1. The highest BCUT2D eigenvalue weighted by atomic mass is 19.4. The van der Waals surface area contributed by atoms with Crippen LogP contribution in [0.15, 0.2) is 24.3 Å². The van der Waals surface area contributed by atoms with Gasteiger partial charge in [0, 0.05) is 0 Å². The van der Waals surface area contributed by atoms with Gasteiger partial charge in [-0.05, 0) is 30.2 Å². The first kappa shape index (κ1) is 21.8. The van der Waals surface area contributed by atoms with Crippen LogP contribution in [0.5, 0.6) is 0 Å². The molecule has 10 heteroatoms. The summed E-state index contributed by atoms with van der Waals surface area (Å²) in [4.78, 5) is 23.3. The van der Waals surface area contributed by atoms with E-state index in [1.165, 1.54) is 0 Å². The molecule has 1 atom stereocenters. The van der Waals surface area contributed by atoms with Gasteiger partial charge in [0.25, 0.3) is 6.17 Å². The largest absolute Gasteiger partial charge is 0.462 e. The monoisotopic (exact) mass is 386 g/mol. The Morgan fingerprint density at radius 2 is 1.35 bits per heavy atom. The summed E-state index contributed by atoms with van der Waals surface area (Å²) >= 11 is 0. The molecule has 0 N–H and O–H groups in total. The van der Waals surface area contributed by atoms with E-state index < -0.39 is 36.8 Å². The fraction of sp³-hybridized carbons (Fsp3) is 0.500. The van der Waals surface area contributed by atoms with Gasteiger partial charge in [-0.25, -0.2) is 14.0 Å². The molecule has 0 saturated carbocycles. The van der Waals surface area contributed by atoms with E-state index in [4.69, 9.17) is 4.74 Å². The normalized spacial score (nSPS) is 13.4. The summed E-state index contributed by atoms with van der Waals surface area (Å²) in [6.07, 6.45) is -10.2. The Balaban J connectivity index is 2.67. The molecule has 1 aromatic rings. The van der Waals surface area contributed by atoms with E-state index in [1.807, 2.05) is 13.8 Å². The number of hydrogen-bond acceptors (Lipinski definition) is 4. The Labute approximate surface area is 145 Å². The van der Waals surface area contributed by atoms with E-state index in [-0.39, 0.29) is 23.7 Å². The molecule has 0 bridgehead atoms. The van der Waals surface area contributed by atoms with Crippen LogP contribution in [0.4, 0.5) is 26.3 Å². The van der Waals surface area contributed by atoms with Gasteiger partial charge in [-0.2, -0.15) is 22.0 Å². The van der Waals surface area contributed by atoms with Crippen LogP contribution < -0.4 is 0 Å². The van der Waals surface area contributed by atoms with Gasteiger partial charge < -0.3 is 9.47 Å². The van der Waals surface area contributed by atoms with Crippen molar-refractivity contribution in [1.29, 1.82) is 0 Å². The lowest BCUT2D eigenvalue weighted by atomic mass is 10.1. The lowest BCUT2D eigenvalue weighted by Gasteiger charge is -2.22. The zero-order chi connectivity index (χ0) is 20.1. The minimum atomic E-state index is -5.78. The number of halogens is 6. The highest BCUT2D eigenvalue weighted by Crippen LogP contribution is 2.35. The van der Waals surface area contributed by atoms with Gasteiger partial charge in [0.2, 0.25) is 0 Å². The minimum Gasteiger partial charge on any atom is -0.462 e. The highest BCUT2D eigenvalue weighted by Gasteiger charge is 2.57. The number of hydrogen-bond donors (Lipinski definition) is 0. The molecule has 0 fully saturated rings. The lowest BCUT2D eigenvalue weighted by Crippen LogP contribution is -2.45. The topological polar surface area (TPSA) is 52.6 Å². The van der Waals surface area contributed by atoms with Crippen molar-refractivity contribution in [3.63, 3.8) is 0 Å². The summed E-state index contributed by atoms with van der Waals surface area (Å²) in [6.45, 7) is 1.73. The zero-order valence-corrected chi connectivity index (χ0v) is 13.8. The third-order valence-corrected chi connectivity index (χ3v) is 2.96. The van der Waals surface area contributed by atoms with Crippen molar-refractivity contribution in [1.82, 2.24) is 0 Å². The van der Waals surface area contributed by atoms with Crippen LogP contribution in [-0.2, 0) is 9.47 Å². The molecule has 26 heavy (non-hydrogen) atoms. The molecule has 4 nitrogen and oxygen atoms in total. The van der Waals surface area contributed by atoms with Gasteiger partial charge in [0.05, 0.1) is 17.7 Å². The Morgan fingerprint density at radius 3 is 1.73 bits per heavy atom. The highest BCUT2D eigenvalue weighted by molar-refractivity contribution is 5.93. The quantitative estimate of drug-likeness (QED) is 0.521. The Morgan fingerprint density at radius 1 is 0.923 bits per heavy atom. The molecule has 1 rings (SSSR count). The van der Waals surface area contributed by atoms with Crippen LogP contribution in [0.1, 0.15) is 34.6 Å². The number of esters is 2. The maximum Gasteiger partial charge on any atom is 0.425 e. The second-order valence-electron chi connectivity index (χ2n) is 5.81. The first-order valence-electron chi connectivity index (χ1n) is 7.37. The van der Waals surface area contributed by atoms with Crippen molar-refractivity contribution in [3.05, 3.63) is 35.4 Å². The molecule has 0 radical (unpaired) electrons. The van der Waals surface area contributed by atoms with E-state index in [9.17, 15) is 35.9 Å². The second-order valence-corrected chi connectivity index (χ2v) is 5.81. The van der Waals surface area contributed by atoms with E-state index >= 15 is 0 Å². The number of carbonyl (C=O) groups is 2. The third kappa shape index (κ3) is 6.23. The molecule has 0 amide bonds. The molecule has 0 spiro atoms. The van der Waals surface area contributed by atoms with Gasteiger partial charge in [0.15, 0.2) is 6.61 Å². The number of rotatable bonds is 7. The zero-order valence-electron chi connectivity index (χ0n) is 13.8. The van der Waals surface area contributed by atoms with Crippen molar-refractivity contribution in [2.45, 2.75) is 32.1 Å². The van der Waals surface area contributed by atoms with Gasteiger partial charge in [0.1, 0.15) is 0 Å². The molecule has 146 valence electrons. The van der Waals surface area contributed by atoms with Crippen molar-refractivity contribution >= 4 is 11.9 Å². The van der Waals surface area contributed by atoms with E-state index in [0.717, 1.165) is 24.3 Å². The predicted molar refractivity (Wildman–Crippen MR) is 77.7 cm³/mol. The molecular formula is C16H16F6O4. The van der Waals surface area contributed by atoms with Crippen LogP contribution in [0.25, 0.3) is 0 Å². The Kier molecular flexibility index (Phi) is 7.05. The average molecular weight is 386 g/mol. The third-order valence-electron chi connectivity index (χ3n) is 2.96. The first-order valence-corrected chi connectivity index (χ1v) is 7.37. The van der Waals surface area contributed by atoms with Crippen LogP contribution in [0.3, 0.4) is 0 Å². The lowest BCUT2D eigenvalue weighted by molar-refractivity contribution is -0.251. The summed E-state index contributed by atoms with van der Waals surface area (Å²) in [5, 5.41) is 0. The number of carbonyl (C=O) groups excluding carboxylic acids is 2. The minimum absolute atomic E-state index is 0.0772. The molecular weight excluding hydrogens is 370 g/mol. The molecule has 0 aliphatic rings. The summed E-state index contributed by atoms with van der Waals surface area (Å²) in [5.41, 5.74) is -0.225. The SMILES string of the molecule is CC(C)COC(=O)c1ccc(C(=O)OCC(F)(F)C(F)C(F)(F)F)cc1. The summed E-state index contributed by atoms with van der Waals surface area (Å²) in [7, 11) is 0. The molecule has 0 aromatic heterocycles. The second kappa shape index (κ2) is 8.41. The van der Waals surface area contributed by atoms with Gasteiger partial charge in [-0.3, -0.25) is 0 Å². The first-order chi connectivity index (χ1) is 11.8. The molecule has 0 saturated heterocycles. The number of ether oxygens (including phenoxy) is 2. The van der Waals surface area contributed by atoms with Crippen molar-refractivity contribution in [2.75, 3.05) is 13.2 Å². The smallest absolute Gasteiger partial charge is 0.425 e. The van der Waals surface area contributed by atoms with Crippen LogP contribution >= 0.6 is 0 Å². The van der Waals surface area contributed by atoms with Crippen LogP contribution in [-0.4, -0.2) is 43.4 Å². The van der Waals surface area contributed by atoms with Crippen LogP contribution in [0.2, 0.25) is 0 Å². The van der Waals surface area contributed by atoms with Crippen LogP contribution in [0, 0.1) is 5.92 Å². The average Bonchev–Trinajstić information content (AvgIpc) is 2.56. The Hall–Kier alpha value is -2.26. The standard InChI is InChI=1S/C16H16F6O4/c1-9(2)7-25-12(23)10-3-5-11(6-4-10)13(24)26-8-15(18,19)14(17)16(20,21)22/h3-6,9,14H,7-8H2,1-2H3. The summed E-state index contributed by atoms with van der Waals surface area (Å²) in [5.74, 6) is -6.88. The molecule has 0 aliphatic carbocycles. The molecule has 1 unspecified atom stereocenters. The fourth-order valence-corrected chi connectivity index (χ4v) is 1.63. The number of benzene rings is 1. The van der Waals surface area contributed by atoms with Crippen molar-refractivity contribution < 1.29 is 45.4 Å². The molecule has 0 heterocycles. The summed E-state index contributed by atoms with van der Waals surface area (Å²) in [6, 6.07) is 4.41. The van der Waals surface area contributed by atoms with E-state index in [1.54, 1.807) is 0 Å². The van der Waals surface area contributed by atoms with E-state index in [2.05, 4.69) is 4.74 Å². The van der Waals surface area contributed by atoms with Gasteiger partial charge >= 0.3 is 24.0 Å². The van der Waals surface area contributed by atoms with Crippen molar-refractivity contribution in [2.24, 2.45) is 5.92 Å². The summed E-state index contributed by atoms with van der Waals surface area (Å²) < 4.78 is 83.8. The maximum atomic E-state index is 13.1. The van der Waals surface area contributed by atoms with Gasteiger partial charge in [-0.15, -0.1) is 0 Å². The van der Waals surface area contributed by atoms with Crippen molar-refractivity contribution in [3.8, 4) is 0 Å². The molecule has 0 aliphatic heterocycles. The van der Waals surface area contributed by atoms with Gasteiger partial charge in [-0.1, -0.05) is 13.8 Å². The van der Waals surface area contributed by atoms with E-state index in [0.29, 0.717) is 0 Å². The number of alkyl halides is 6. The Bertz CT molecular complexity index is 625. The molecule has 1 aromatic carbocycles. The fourth-order valence-electron chi connectivity index (χ4n) is 1.63.